The molecule has 3 unspecified atom stereocenters. The first-order chi connectivity index (χ1) is 9.08. The van der Waals surface area contributed by atoms with Gasteiger partial charge in [0, 0.05) is 6.04 Å². The van der Waals surface area contributed by atoms with Crippen molar-refractivity contribution < 1.29 is 4.74 Å². The van der Waals surface area contributed by atoms with Gasteiger partial charge in [-0.2, -0.15) is 15.0 Å². The highest BCUT2D eigenvalue weighted by atomic mass is 16.5. The van der Waals surface area contributed by atoms with E-state index >= 15 is 0 Å². The van der Waals surface area contributed by atoms with Crippen LogP contribution in [0.5, 0.6) is 6.01 Å². The van der Waals surface area contributed by atoms with Gasteiger partial charge in [-0.15, -0.1) is 0 Å². The van der Waals surface area contributed by atoms with Crippen LogP contribution in [0.15, 0.2) is 0 Å². The topological polar surface area (TPSA) is 86.0 Å². The highest BCUT2D eigenvalue weighted by Crippen LogP contribution is 2.30. The summed E-state index contributed by atoms with van der Waals surface area (Å²) in [4.78, 5) is 12.3. The Labute approximate surface area is 114 Å². The first-order valence-electron chi connectivity index (χ1n) is 6.99. The lowest BCUT2D eigenvalue weighted by Crippen LogP contribution is -2.33. The van der Waals surface area contributed by atoms with E-state index in [0.29, 0.717) is 24.5 Å². The second-order valence-electron chi connectivity index (χ2n) is 5.38. The van der Waals surface area contributed by atoms with Crippen molar-refractivity contribution in [3.63, 3.8) is 0 Å². The lowest BCUT2D eigenvalue weighted by Gasteiger charge is -2.33. The Hall–Kier alpha value is -1.59. The second-order valence-corrected chi connectivity index (χ2v) is 5.38. The number of nitrogens with zero attached hydrogens (tertiary/aromatic N) is 3. The maximum atomic E-state index is 5.67. The van der Waals surface area contributed by atoms with E-state index in [9.17, 15) is 0 Å². The number of hydrogen-bond acceptors (Lipinski definition) is 6. The quantitative estimate of drug-likeness (QED) is 0.867. The van der Waals surface area contributed by atoms with Crippen LogP contribution < -0.4 is 15.8 Å². The van der Waals surface area contributed by atoms with E-state index in [2.05, 4.69) is 34.1 Å². The fourth-order valence-electron chi connectivity index (χ4n) is 2.68. The number of nitrogens with one attached hydrogen (secondary N) is 1. The summed E-state index contributed by atoms with van der Waals surface area (Å²) in [5.41, 5.74) is 5.67. The van der Waals surface area contributed by atoms with Crippen LogP contribution in [0.3, 0.4) is 0 Å². The van der Waals surface area contributed by atoms with Crippen LogP contribution in [0.4, 0.5) is 11.9 Å². The first kappa shape index (κ1) is 13.8. The summed E-state index contributed by atoms with van der Waals surface area (Å²) in [7, 11) is 0. The zero-order valence-electron chi connectivity index (χ0n) is 11.9. The highest BCUT2D eigenvalue weighted by Gasteiger charge is 2.26. The number of anilines is 2. The van der Waals surface area contributed by atoms with Gasteiger partial charge in [0.15, 0.2) is 0 Å². The molecule has 6 heteroatoms. The molecule has 1 saturated carbocycles. The SMILES string of the molecule is CCOc1nc(N)nc(NC2CCC(C)CC2C)n1. The molecule has 0 radical (unpaired) electrons. The van der Waals surface area contributed by atoms with Gasteiger partial charge in [0.05, 0.1) is 6.61 Å². The molecule has 1 heterocycles. The summed E-state index contributed by atoms with van der Waals surface area (Å²) in [6, 6.07) is 0.682. The number of nitrogen functional groups attached to an aromatic ring is 1. The van der Waals surface area contributed by atoms with Gasteiger partial charge in [0.2, 0.25) is 11.9 Å². The van der Waals surface area contributed by atoms with Crippen LogP contribution in [0.25, 0.3) is 0 Å². The Morgan fingerprint density at radius 3 is 2.74 bits per heavy atom. The van der Waals surface area contributed by atoms with Crippen LogP contribution in [0, 0.1) is 11.8 Å². The molecular weight excluding hydrogens is 242 g/mol. The third-order valence-corrected chi connectivity index (χ3v) is 3.65. The zero-order valence-corrected chi connectivity index (χ0v) is 11.9. The molecule has 1 fully saturated rings. The van der Waals surface area contributed by atoms with Crippen molar-refractivity contribution in [2.24, 2.45) is 11.8 Å². The molecule has 19 heavy (non-hydrogen) atoms. The second kappa shape index (κ2) is 6.04. The summed E-state index contributed by atoms with van der Waals surface area (Å²) >= 11 is 0. The Bertz CT molecular complexity index is 425. The molecule has 0 saturated heterocycles. The van der Waals surface area contributed by atoms with Crippen LogP contribution in [-0.4, -0.2) is 27.6 Å². The van der Waals surface area contributed by atoms with Gasteiger partial charge < -0.3 is 15.8 Å². The molecule has 0 amide bonds. The molecule has 1 aromatic rings. The molecule has 1 aliphatic rings. The standard InChI is InChI=1S/C13H23N5O/c1-4-19-13-17-11(14)16-12(18-13)15-10-6-5-8(2)7-9(10)3/h8-10H,4-7H2,1-3H3,(H3,14,15,16,17,18). The Kier molecular flexibility index (Phi) is 4.39. The van der Waals surface area contributed by atoms with Gasteiger partial charge in [0.25, 0.3) is 0 Å². The molecule has 3 atom stereocenters. The normalized spacial score (nSPS) is 27.0. The van der Waals surface area contributed by atoms with E-state index in [4.69, 9.17) is 10.5 Å². The van der Waals surface area contributed by atoms with Crippen molar-refractivity contribution in [1.82, 2.24) is 15.0 Å². The maximum Gasteiger partial charge on any atom is 0.323 e. The summed E-state index contributed by atoms with van der Waals surface area (Å²) in [6.07, 6.45) is 3.61. The Morgan fingerprint density at radius 1 is 1.26 bits per heavy atom. The van der Waals surface area contributed by atoms with Crippen LogP contribution >= 0.6 is 0 Å². The Morgan fingerprint density at radius 2 is 2.05 bits per heavy atom. The third kappa shape index (κ3) is 3.68. The lowest BCUT2D eigenvalue weighted by atomic mass is 9.80. The van der Waals surface area contributed by atoms with E-state index in [1.165, 1.54) is 12.8 Å². The van der Waals surface area contributed by atoms with Crippen LogP contribution in [-0.2, 0) is 0 Å². The molecule has 6 nitrogen and oxygen atoms in total. The van der Waals surface area contributed by atoms with E-state index in [1.54, 1.807) is 0 Å². The van der Waals surface area contributed by atoms with E-state index in [0.717, 1.165) is 12.3 Å². The van der Waals surface area contributed by atoms with Crippen molar-refractivity contribution >= 4 is 11.9 Å². The van der Waals surface area contributed by atoms with Gasteiger partial charge in [0.1, 0.15) is 0 Å². The smallest absolute Gasteiger partial charge is 0.323 e. The van der Waals surface area contributed by atoms with Gasteiger partial charge in [-0.25, -0.2) is 0 Å². The number of rotatable bonds is 4. The minimum Gasteiger partial charge on any atom is -0.464 e. The summed E-state index contributed by atoms with van der Waals surface area (Å²) in [5.74, 6) is 2.12. The fraction of sp³-hybridized carbons (Fsp3) is 0.769. The van der Waals surface area contributed by atoms with Gasteiger partial charge in [-0.3, -0.25) is 0 Å². The first-order valence-corrected chi connectivity index (χ1v) is 6.99. The monoisotopic (exact) mass is 265 g/mol. The molecule has 0 bridgehead atoms. The number of hydrogen-bond donors (Lipinski definition) is 2. The number of ether oxygens (including phenoxy) is 1. The molecule has 1 aliphatic carbocycles. The van der Waals surface area contributed by atoms with E-state index < -0.39 is 0 Å². The average molecular weight is 265 g/mol. The largest absolute Gasteiger partial charge is 0.464 e. The Balaban J connectivity index is 2.05. The minimum atomic E-state index is 0.192. The van der Waals surface area contributed by atoms with Crippen molar-refractivity contribution in [2.75, 3.05) is 17.7 Å². The van der Waals surface area contributed by atoms with Crippen molar-refractivity contribution in [2.45, 2.75) is 46.1 Å². The van der Waals surface area contributed by atoms with Crippen molar-refractivity contribution in [3.8, 4) is 6.01 Å². The van der Waals surface area contributed by atoms with E-state index in [-0.39, 0.29) is 12.0 Å². The molecule has 3 N–H and O–H groups in total. The maximum absolute atomic E-state index is 5.67. The summed E-state index contributed by atoms with van der Waals surface area (Å²) in [5, 5.41) is 3.37. The summed E-state index contributed by atoms with van der Waals surface area (Å²) in [6.45, 7) is 6.97. The zero-order chi connectivity index (χ0) is 13.8. The van der Waals surface area contributed by atoms with Gasteiger partial charge in [-0.1, -0.05) is 13.8 Å². The predicted molar refractivity (Wildman–Crippen MR) is 75.0 cm³/mol. The number of aromatic nitrogens is 3. The van der Waals surface area contributed by atoms with Crippen molar-refractivity contribution in [1.29, 1.82) is 0 Å². The number of nitrogens with two attached hydrogens (primary N) is 1. The summed E-state index contributed by atoms with van der Waals surface area (Å²) < 4.78 is 5.28. The van der Waals surface area contributed by atoms with Crippen LogP contribution in [0.1, 0.15) is 40.0 Å². The molecule has 2 rings (SSSR count). The highest BCUT2D eigenvalue weighted by molar-refractivity contribution is 5.33. The molecular formula is C13H23N5O. The van der Waals surface area contributed by atoms with Gasteiger partial charge >= 0.3 is 6.01 Å². The van der Waals surface area contributed by atoms with Gasteiger partial charge in [-0.05, 0) is 38.0 Å². The fourth-order valence-corrected chi connectivity index (χ4v) is 2.68. The predicted octanol–water partition coefficient (Wildman–Crippen LogP) is 2.09. The molecule has 0 aliphatic heterocycles. The lowest BCUT2D eigenvalue weighted by molar-refractivity contribution is 0.275. The minimum absolute atomic E-state index is 0.192. The average Bonchev–Trinajstić information content (AvgIpc) is 2.32. The van der Waals surface area contributed by atoms with Crippen molar-refractivity contribution in [3.05, 3.63) is 0 Å². The van der Waals surface area contributed by atoms with E-state index in [1.807, 2.05) is 6.92 Å². The molecule has 0 spiro atoms. The third-order valence-electron chi connectivity index (χ3n) is 3.65. The molecule has 0 aromatic carbocycles. The van der Waals surface area contributed by atoms with Crippen LogP contribution in [0.2, 0.25) is 0 Å². The molecule has 1 aromatic heterocycles. The molecule has 106 valence electrons.